The fourth-order valence-electron chi connectivity index (χ4n) is 1.16. The summed E-state index contributed by atoms with van der Waals surface area (Å²) in [6.45, 7) is 0.133. The molecule has 0 aliphatic carbocycles. The van der Waals surface area contributed by atoms with Gasteiger partial charge in [-0.05, 0) is 17.7 Å². The van der Waals surface area contributed by atoms with E-state index in [1.165, 1.54) is 18.3 Å². The lowest BCUT2D eigenvalue weighted by Gasteiger charge is -2.08. The summed E-state index contributed by atoms with van der Waals surface area (Å²) >= 11 is 0. The third-order valence-corrected chi connectivity index (χ3v) is 1.90. The molecule has 92 valence electrons. The van der Waals surface area contributed by atoms with Crippen molar-refractivity contribution >= 4 is 5.97 Å². The molecule has 0 aliphatic rings. The Morgan fingerprint density at radius 2 is 2.12 bits per heavy atom. The highest BCUT2D eigenvalue weighted by molar-refractivity contribution is 5.79. The van der Waals surface area contributed by atoms with E-state index in [1.54, 1.807) is 0 Å². The minimum atomic E-state index is -4.37. The van der Waals surface area contributed by atoms with Gasteiger partial charge >= 0.3 is 12.1 Å². The first kappa shape index (κ1) is 13.1. The molecule has 1 rings (SSSR count). The molecule has 1 aromatic rings. The summed E-state index contributed by atoms with van der Waals surface area (Å²) in [5.41, 5.74) is -0.297. The lowest BCUT2D eigenvalue weighted by molar-refractivity contribution is -0.137. The molecule has 0 saturated heterocycles. The predicted molar refractivity (Wildman–Crippen MR) is 55.1 cm³/mol. The van der Waals surface area contributed by atoms with Crippen LogP contribution in [0.5, 0.6) is 0 Å². The Bertz CT molecular complexity index is 427. The van der Waals surface area contributed by atoms with Gasteiger partial charge in [-0.1, -0.05) is 12.1 Å². The highest BCUT2D eigenvalue weighted by Gasteiger charge is 2.30. The Morgan fingerprint density at radius 1 is 1.41 bits per heavy atom. The topological polar surface area (TPSA) is 49.3 Å². The van der Waals surface area contributed by atoms with Gasteiger partial charge in [0.15, 0.2) is 0 Å². The highest BCUT2D eigenvalue weighted by atomic mass is 19.4. The fourth-order valence-corrected chi connectivity index (χ4v) is 1.16. The van der Waals surface area contributed by atoms with Crippen molar-refractivity contribution in [1.82, 2.24) is 5.32 Å². The summed E-state index contributed by atoms with van der Waals surface area (Å²) in [6, 6.07) is 4.83. The molecular weight excluding hydrogens is 235 g/mol. The normalized spacial score (nSPS) is 11.7. The first-order valence-electron chi connectivity index (χ1n) is 4.68. The number of alkyl halides is 3. The van der Waals surface area contributed by atoms with Crippen molar-refractivity contribution in [3.05, 3.63) is 47.7 Å². The number of carboxylic acid groups (broad SMARTS) is 1. The molecule has 0 spiro atoms. The van der Waals surface area contributed by atoms with Crippen molar-refractivity contribution < 1.29 is 23.1 Å². The van der Waals surface area contributed by atoms with Gasteiger partial charge in [0.2, 0.25) is 0 Å². The van der Waals surface area contributed by atoms with Gasteiger partial charge in [0.05, 0.1) is 5.56 Å². The number of hydrogen-bond donors (Lipinski definition) is 2. The number of halogens is 3. The number of hydrogen-bond acceptors (Lipinski definition) is 2. The Morgan fingerprint density at radius 3 is 2.71 bits per heavy atom. The molecule has 0 heterocycles. The molecule has 0 radical (unpaired) electrons. The maximum atomic E-state index is 12.3. The Labute approximate surface area is 95.6 Å². The van der Waals surface area contributed by atoms with Gasteiger partial charge in [0.1, 0.15) is 0 Å². The summed E-state index contributed by atoms with van der Waals surface area (Å²) < 4.78 is 37.0. The van der Waals surface area contributed by atoms with Crippen molar-refractivity contribution in [1.29, 1.82) is 0 Å². The Balaban J connectivity index is 2.64. The van der Waals surface area contributed by atoms with E-state index in [2.05, 4.69) is 5.32 Å². The van der Waals surface area contributed by atoms with Crippen molar-refractivity contribution in [2.24, 2.45) is 0 Å². The van der Waals surface area contributed by atoms with E-state index < -0.39 is 17.7 Å². The fraction of sp³-hybridized carbons (Fsp3) is 0.182. The molecule has 0 unspecified atom stereocenters. The second-order valence-corrected chi connectivity index (χ2v) is 3.25. The van der Waals surface area contributed by atoms with Gasteiger partial charge in [0, 0.05) is 18.8 Å². The molecule has 0 bridgehead atoms. The van der Waals surface area contributed by atoms with E-state index in [0.717, 1.165) is 18.2 Å². The van der Waals surface area contributed by atoms with Crippen LogP contribution in [0.2, 0.25) is 0 Å². The summed E-state index contributed by atoms with van der Waals surface area (Å²) in [6.07, 6.45) is -2.33. The number of aliphatic carboxylic acids is 1. The maximum Gasteiger partial charge on any atom is 0.416 e. The van der Waals surface area contributed by atoms with Crippen molar-refractivity contribution in [3.8, 4) is 0 Å². The number of benzene rings is 1. The van der Waals surface area contributed by atoms with Crippen LogP contribution in [0, 0.1) is 0 Å². The van der Waals surface area contributed by atoms with Crippen LogP contribution < -0.4 is 5.32 Å². The van der Waals surface area contributed by atoms with Gasteiger partial charge in [-0.15, -0.1) is 0 Å². The summed E-state index contributed by atoms with van der Waals surface area (Å²) in [4.78, 5) is 10.1. The second kappa shape index (κ2) is 5.38. The van der Waals surface area contributed by atoms with Gasteiger partial charge in [-0.2, -0.15) is 13.2 Å². The number of carbonyl (C=O) groups is 1. The predicted octanol–water partition coefficient (Wildman–Crippen LogP) is 2.39. The van der Waals surface area contributed by atoms with Crippen LogP contribution in [-0.4, -0.2) is 11.1 Å². The largest absolute Gasteiger partial charge is 0.478 e. The SMILES string of the molecule is O=C(O)/C=C/NCc1cccc(C(F)(F)F)c1. The van der Waals surface area contributed by atoms with E-state index in [0.29, 0.717) is 5.56 Å². The third-order valence-electron chi connectivity index (χ3n) is 1.90. The number of carboxylic acids is 1. The van der Waals surface area contributed by atoms with Crippen LogP contribution in [0.15, 0.2) is 36.5 Å². The van der Waals surface area contributed by atoms with Gasteiger partial charge in [-0.25, -0.2) is 4.79 Å². The standard InChI is InChI=1S/C11H10F3NO2/c12-11(13,14)9-3-1-2-8(6-9)7-15-5-4-10(16)17/h1-6,15H,7H2,(H,16,17)/b5-4+. The molecule has 0 aliphatic heterocycles. The summed E-state index contributed by atoms with van der Waals surface area (Å²) in [5, 5.41) is 10.9. The minimum absolute atomic E-state index is 0.133. The second-order valence-electron chi connectivity index (χ2n) is 3.25. The van der Waals surface area contributed by atoms with Crippen molar-refractivity contribution in [2.75, 3.05) is 0 Å². The van der Waals surface area contributed by atoms with Crippen LogP contribution in [0.25, 0.3) is 0 Å². The zero-order chi connectivity index (χ0) is 12.9. The molecule has 0 fully saturated rings. The molecule has 0 amide bonds. The van der Waals surface area contributed by atoms with E-state index >= 15 is 0 Å². The molecule has 1 aromatic carbocycles. The van der Waals surface area contributed by atoms with Gasteiger partial charge in [-0.3, -0.25) is 0 Å². The summed E-state index contributed by atoms with van der Waals surface area (Å²) in [7, 11) is 0. The van der Waals surface area contributed by atoms with E-state index in [-0.39, 0.29) is 6.54 Å². The van der Waals surface area contributed by atoms with Crippen molar-refractivity contribution in [3.63, 3.8) is 0 Å². The maximum absolute atomic E-state index is 12.3. The average molecular weight is 245 g/mol. The molecule has 6 heteroatoms. The molecular formula is C11H10F3NO2. The zero-order valence-corrected chi connectivity index (χ0v) is 8.66. The summed E-state index contributed by atoms with van der Waals surface area (Å²) in [5.74, 6) is -1.12. The van der Waals surface area contributed by atoms with Crippen LogP contribution in [0.4, 0.5) is 13.2 Å². The van der Waals surface area contributed by atoms with Crippen LogP contribution in [0.1, 0.15) is 11.1 Å². The van der Waals surface area contributed by atoms with Gasteiger partial charge in [0.25, 0.3) is 0 Å². The monoisotopic (exact) mass is 245 g/mol. The number of rotatable bonds is 4. The van der Waals surface area contributed by atoms with E-state index in [4.69, 9.17) is 5.11 Å². The van der Waals surface area contributed by atoms with Crippen LogP contribution in [0.3, 0.4) is 0 Å². The van der Waals surface area contributed by atoms with E-state index in [9.17, 15) is 18.0 Å². The first-order chi connectivity index (χ1) is 7.89. The quantitative estimate of drug-likeness (QED) is 0.801. The lowest BCUT2D eigenvalue weighted by atomic mass is 10.1. The molecule has 0 atom stereocenters. The average Bonchev–Trinajstić information content (AvgIpc) is 2.23. The Hall–Kier alpha value is -1.98. The Kier molecular flexibility index (Phi) is 4.14. The highest BCUT2D eigenvalue weighted by Crippen LogP contribution is 2.29. The molecule has 0 saturated carbocycles. The van der Waals surface area contributed by atoms with Crippen LogP contribution in [-0.2, 0) is 17.5 Å². The molecule has 0 aromatic heterocycles. The minimum Gasteiger partial charge on any atom is -0.478 e. The molecule has 17 heavy (non-hydrogen) atoms. The molecule has 3 nitrogen and oxygen atoms in total. The smallest absolute Gasteiger partial charge is 0.416 e. The van der Waals surface area contributed by atoms with Crippen LogP contribution >= 0.6 is 0 Å². The third kappa shape index (κ3) is 4.58. The van der Waals surface area contributed by atoms with E-state index in [1.807, 2.05) is 0 Å². The zero-order valence-electron chi connectivity index (χ0n) is 8.66. The lowest BCUT2D eigenvalue weighted by Crippen LogP contribution is -2.09. The molecule has 2 N–H and O–H groups in total. The van der Waals surface area contributed by atoms with Gasteiger partial charge < -0.3 is 10.4 Å². The van der Waals surface area contributed by atoms with Crippen molar-refractivity contribution in [2.45, 2.75) is 12.7 Å². The first-order valence-corrected chi connectivity index (χ1v) is 4.68. The number of nitrogens with one attached hydrogen (secondary N) is 1.